The lowest BCUT2D eigenvalue weighted by Crippen LogP contribution is -2.37. The standard InChI is InChI=1S/C44H84NO8P/c1-6-8-10-12-14-16-18-19-20-21-22-23-24-25-27-29-31-33-35-37-44(47)53-42(41-52-54(48,49)51-39-38-45(3,4)5)40-50-43(46)36-34-32-30-28-26-17-15-13-11-9-7-2/h13,15,21-22,42H,6-12,14,16-20,23-41H2,1-5H3/b15-13-,22-21-/t42-/m1/s1. The highest BCUT2D eigenvalue weighted by molar-refractivity contribution is 7.45. The van der Waals surface area contributed by atoms with Gasteiger partial charge in [0.15, 0.2) is 6.10 Å². The summed E-state index contributed by atoms with van der Waals surface area (Å²) in [6.07, 6.45) is 39.2. The number of ether oxygens (including phenoxy) is 2. The van der Waals surface area contributed by atoms with Crippen molar-refractivity contribution in [3.05, 3.63) is 24.3 Å². The number of phosphoric ester groups is 1. The zero-order chi connectivity index (χ0) is 40.0. The van der Waals surface area contributed by atoms with Gasteiger partial charge in [0.25, 0.3) is 7.82 Å². The van der Waals surface area contributed by atoms with E-state index in [2.05, 4.69) is 38.2 Å². The van der Waals surface area contributed by atoms with E-state index in [1.807, 2.05) is 21.1 Å². The second-order valence-corrected chi connectivity index (χ2v) is 17.5. The fraction of sp³-hybridized carbons (Fsp3) is 0.864. The monoisotopic (exact) mass is 786 g/mol. The van der Waals surface area contributed by atoms with Crippen LogP contribution in [0.25, 0.3) is 0 Å². The summed E-state index contributed by atoms with van der Waals surface area (Å²) < 4.78 is 33.8. The second-order valence-electron chi connectivity index (χ2n) is 16.1. The lowest BCUT2D eigenvalue weighted by molar-refractivity contribution is -0.870. The quantitative estimate of drug-likeness (QED) is 0.0198. The summed E-state index contributed by atoms with van der Waals surface area (Å²) in [4.78, 5) is 37.4. The van der Waals surface area contributed by atoms with Crippen LogP contribution in [0.5, 0.6) is 0 Å². The molecule has 0 saturated heterocycles. The molecule has 0 N–H and O–H groups in total. The van der Waals surface area contributed by atoms with Gasteiger partial charge in [-0.15, -0.1) is 0 Å². The molecule has 0 bridgehead atoms. The van der Waals surface area contributed by atoms with E-state index in [0.29, 0.717) is 17.4 Å². The molecule has 0 saturated carbocycles. The number of likely N-dealkylation sites (N-methyl/N-ethyl adjacent to an activating group) is 1. The molecule has 0 amide bonds. The highest BCUT2D eigenvalue weighted by Gasteiger charge is 2.21. The van der Waals surface area contributed by atoms with Crippen LogP contribution in [0.4, 0.5) is 0 Å². The maximum absolute atomic E-state index is 12.7. The first-order valence-corrected chi connectivity index (χ1v) is 23.5. The van der Waals surface area contributed by atoms with Crippen LogP contribution in [0.15, 0.2) is 24.3 Å². The van der Waals surface area contributed by atoms with Crippen molar-refractivity contribution in [2.45, 2.75) is 200 Å². The summed E-state index contributed by atoms with van der Waals surface area (Å²) in [7, 11) is 1.16. The number of allylic oxidation sites excluding steroid dienone is 4. The van der Waals surface area contributed by atoms with Crippen LogP contribution >= 0.6 is 7.82 Å². The van der Waals surface area contributed by atoms with Crippen LogP contribution in [0.2, 0.25) is 0 Å². The fourth-order valence-electron chi connectivity index (χ4n) is 5.92. The zero-order valence-electron chi connectivity index (χ0n) is 35.7. The van der Waals surface area contributed by atoms with E-state index in [0.717, 1.165) is 70.6 Å². The number of esters is 2. The van der Waals surface area contributed by atoms with Crippen LogP contribution < -0.4 is 4.89 Å². The van der Waals surface area contributed by atoms with E-state index in [4.69, 9.17) is 18.5 Å². The van der Waals surface area contributed by atoms with Crippen molar-refractivity contribution in [2.75, 3.05) is 47.5 Å². The Bertz CT molecular complexity index is 980. The number of rotatable bonds is 40. The molecule has 0 aliphatic carbocycles. The van der Waals surface area contributed by atoms with E-state index in [1.165, 1.54) is 89.9 Å². The molecule has 0 aliphatic rings. The predicted molar refractivity (Wildman–Crippen MR) is 222 cm³/mol. The number of carbonyl (C=O) groups is 2. The third-order valence-corrected chi connectivity index (χ3v) is 10.4. The molecule has 0 aromatic carbocycles. The molecule has 10 heteroatoms. The number of phosphoric acid groups is 1. The molecular weight excluding hydrogens is 701 g/mol. The maximum atomic E-state index is 12.7. The molecule has 0 heterocycles. The lowest BCUT2D eigenvalue weighted by atomic mass is 10.1. The Morgan fingerprint density at radius 3 is 1.43 bits per heavy atom. The van der Waals surface area contributed by atoms with Crippen LogP contribution in [0, 0.1) is 0 Å². The Morgan fingerprint density at radius 2 is 0.963 bits per heavy atom. The molecule has 0 spiro atoms. The van der Waals surface area contributed by atoms with Gasteiger partial charge in [-0.1, -0.05) is 147 Å². The van der Waals surface area contributed by atoms with Crippen molar-refractivity contribution in [1.29, 1.82) is 0 Å². The molecule has 9 nitrogen and oxygen atoms in total. The molecule has 0 aromatic rings. The van der Waals surface area contributed by atoms with Gasteiger partial charge < -0.3 is 27.9 Å². The summed E-state index contributed by atoms with van der Waals surface area (Å²) in [6, 6.07) is 0. The summed E-state index contributed by atoms with van der Waals surface area (Å²) in [5.74, 6) is -0.848. The van der Waals surface area contributed by atoms with Crippen molar-refractivity contribution >= 4 is 19.8 Å². The zero-order valence-corrected chi connectivity index (χ0v) is 36.6. The van der Waals surface area contributed by atoms with Gasteiger partial charge in [0.05, 0.1) is 27.7 Å². The van der Waals surface area contributed by atoms with Gasteiger partial charge in [0.2, 0.25) is 0 Å². The van der Waals surface area contributed by atoms with E-state index in [1.54, 1.807) is 0 Å². The van der Waals surface area contributed by atoms with Crippen molar-refractivity contribution in [2.24, 2.45) is 0 Å². The first-order chi connectivity index (χ1) is 26.0. The van der Waals surface area contributed by atoms with Gasteiger partial charge in [-0.25, -0.2) is 0 Å². The van der Waals surface area contributed by atoms with E-state index < -0.39 is 32.5 Å². The Hall–Kier alpha value is -1.51. The van der Waals surface area contributed by atoms with Crippen LogP contribution in [-0.2, 0) is 32.7 Å². The normalized spacial score (nSPS) is 13.8. The first-order valence-electron chi connectivity index (χ1n) is 22.0. The molecular formula is C44H84NO8P. The Kier molecular flexibility index (Phi) is 36.1. The van der Waals surface area contributed by atoms with Crippen LogP contribution in [0.3, 0.4) is 0 Å². The van der Waals surface area contributed by atoms with Gasteiger partial charge in [0.1, 0.15) is 19.8 Å². The van der Waals surface area contributed by atoms with Gasteiger partial charge >= 0.3 is 11.9 Å². The molecule has 0 aromatic heterocycles. The van der Waals surface area contributed by atoms with Crippen molar-refractivity contribution in [3.8, 4) is 0 Å². The SMILES string of the molecule is CCCC/C=C\CCCCCCCC(=O)OC[C@H](COP(=O)([O-])OCC[N+](C)(C)C)OC(=O)CCCCCCCCC/C=C\CCCCCCCCCC. The number of hydrogen-bond acceptors (Lipinski definition) is 8. The summed E-state index contributed by atoms with van der Waals surface area (Å²) in [5, 5.41) is 0. The Morgan fingerprint density at radius 1 is 0.556 bits per heavy atom. The molecule has 2 atom stereocenters. The van der Waals surface area contributed by atoms with E-state index in [-0.39, 0.29) is 26.1 Å². The third kappa shape index (κ3) is 40.2. The Labute approximate surface area is 332 Å². The minimum Gasteiger partial charge on any atom is -0.756 e. The van der Waals surface area contributed by atoms with Crippen LogP contribution in [0.1, 0.15) is 194 Å². The van der Waals surface area contributed by atoms with Gasteiger partial charge in [0, 0.05) is 12.8 Å². The van der Waals surface area contributed by atoms with E-state index >= 15 is 0 Å². The fourth-order valence-corrected chi connectivity index (χ4v) is 6.65. The maximum Gasteiger partial charge on any atom is 0.306 e. The average molecular weight is 786 g/mol. The average Bonchev–Trinajstić information content (AvgIpc) is 3.12. The second kappa shape index (κ2) is 37.1. The van der Waals surface area contributed by atoms with Crippen molar-refractivity contribution in [1.82, 2.24) is 0 Å². The molecule has 0 rings (SSSR count). The van der Waals surface area contributed by atoms with E-state index in [9.17, 15) is 19.0 Å². The van der Waals surface area contributed by atoms with Gasteiger partial charge in [-0.05, 0) is 57.8 Å². The van der Waals surface area contributed by atoms with Crippen LogP contribution in [-0.4, -0.2) is 70.0 Å². The molecule has 54 heavy (non-hydrogen) atoms. The lowest BCUT2D eigenvalue weighted by Gasteiger charge is -2.28. The largest absolute Gasteiger partial charge is 0.756 e. The minimum atomic E-state index is -4.62. The summed E-state index contributed by atoms with van der Waals surface area (Å²) >= 11 is 0. The summed E-state index contributed by atoms with van der Waals surface area (Å²) in [6.45, 7) is 4.18. The minimum absolute atomic E-state index is 0.0319. The summed E-state index contributed by atoms with van der Waals surface area (Å²) in [5.41, 5.74) is 0. The highest BCUT2D eigenvalue weighted by Crippen LogP contribution is 2.38. The van der Waals surface area contributed by atoms with Crippen molar-refractivity contribution < 1.29 is 42.1 Å². The third-order valence-electron chi connectivity index (χ3n) is 9.44. The molecule has 0 aliphatic heterocycles. The molecule has 1 unspecified atom stereocenters. The number of unbranched alkanes of at least 4 members (excludes halogenated alkanes) is 22. The van der Waals surface area contributed by atoms with Gasteiger partial charge in [-0.3, -0.25) is 14.2 Å². The molecule has 0 fully saturated rings. The topological polar surface area (TPSA) is 111 Å². The number of quaternary nitrogens is 1. The highest BCUT2D eigenvalue weighted by atomic mass is 31.2. The number of nitrogens with zero attached hydrogens (tertiary/aromatic N) is 1. The van der Waals surface area contributed by atoms with Crippen molar-refractivity contribution in [3.63, 3.8) is 0 Å². The van der Waals surface area contributed by atoms with Gasteiger partial charge in [-0.2, -0.15) is 0 Å². The first kappa shape index (κ1) is 52.5. The molecule has 0 radical (unpaired) electrons. The Balaban J connectivity index is 4.32. The predicted octanol–water partition coefficient (Wildman–Crippen LogP) is 11.7. The molecule has 318 valence electrons. The smallest absolute Gasteiger partial charge is 0.306 e. The number of hydrogen-bond donors (Lipinski definition) is 0. The number of carbonyl (C=O) groups excluding carboxylic acids is 2.